The minimum Gasteiger partial charge on any atom is -0.377 e. The number of rotatable bonds is 1. The fourth-order valence-corrected chi connectivity index (χ4v) is 3.67. The highest BCUT2D eigenvalue weighted by atomic mass is 16.5. The molecule has 2 aliphatic rings. The van der Waals surface area contributed by atoms with Crippen molar-refractivity contribution >= 4 is 0 Å². The summed E-state index contributed by atoms with van der Waals surface area (Å²) in [6.07, 6.45) is 7.39. The molecular formula is C16H26O. The number of hydrogen-bond acceptors (Lipinski definition) is 1. The zero-order valence-corrected chi connectivity index (χ0v) is 11.8. The molecule has 1 saturated carbocycles. The number of ether oxygens (including phenoxy) is 1. The van der Waals surface area contributed by atoms with Crippen LogP contribution in [0.15, 0.2) is 23.8 Å². The van der Waals surface area contributed by atoms with Gasteiger partial charge in [-0.05, 0) is 49.9 Å². The molecule has 0 aliphatic heterocycles. The van der Waals surface area contributed by atoms with Crippen LogP contribution in [-0.4, -0.2) is 13.2 Å². The molecule has 0 radical (unpaired) electrons. The van der Waals surface area contributed by atoms with Crippen molar-refractivity contribution in [2.24, 2.45) is 17.3 Å². The third-order valence-corrected chi connectivity index (χ3v) is 4.85. The first-order valence-corrected chi connectivity index (χ1v) is 6.82. The Hall–Kier alpha value is -0.560. The van der Waals surface area contributed by atoms with Crippen LogP contribution in [0, 0.1) is 17.3 Å². The smallest absolute Gasteiger partial charge is 0.0791 e. The Balaban J connectivity index is 2.16. The van der Waals surface area contributed by atoms with Gasteiger partial charge in [-0.3, -0.25) is 0 Å². The van der Waals surface area contributed by atoms with Gasteiger partial charge in [0.05, 0.1) is 6.10 Å². The third-order valence-electron chi connectivity index (χ3n) is 4.85. The number of methoxy groups -OCH3 is 1. The Morgan fingerprint density at radius 3 is 2.71 bits per heavy atom. The summed E-state index contributed by atoms with van der Waals surface area (Å²) in [6, 6.07) is 0. The molecule has 17 heavy (non-hydrogen) atoms. The Morgan fingerprint density at radius 2 is 2.12 bits per heavy atom. The molecule has 96 valence electrons. The van der Waals surface area contributed by atoms with Gasteiger partial charge in [-0.25, -0.2) is 0 Å². The van der Waals surface area contributed by atoms with Crippen molar-refractivity contribution in [2.45, 2.75) is 52.6 Å². The van der Waals surface area contributed by atoms with Crippen LogP contribution in [0.3, 0.4) is 0 Å². The largest absolute Gasteiger partial charge is 0.377 e. The van der Waals surface area contributed by atoms with Crippen molar-refractivity contribution in [1.29, 1.82) is 0 Å². The monoisotopic (exact) mass is 234 g/mol. The Labute approximate surface area is 106 Å². The minimum absolute atomic E-state index is 0.241. The quantitative estimate of drug-likeness (QED) is 0.613. The molecule has 0 bridgehead atoms. The van der Waals surface area contributed by atoms with E-state index < -0.39 is 0 Å². The van der Waals surface area contributed by atoms with Gasteiger partial charge in [0.25, 0.3) is 0 Å². The zero-order valence-electron chi connectivity index (χ0n) is 11.8. The van der Waals surface area contributed by atoms with Gasteiger partial charge in [-0.1, -0.05) is 37.6 Å². The van der Waals surface area contributed by atoms with Crippen LogP contribution < -0.4 is 0 Å². The van der Waals surface area contributed by atoms with Crippen molar-refractivity contribution in [3.05, 3.63) is 23.8 Å². The maximum atomic E-state index is 5.55. The molecule has 0 aromatic carbocycles. The Bertz CT molecular complexity index is 337. The summed E-state index contributed by atoms with van der Waals surface area (Å²) in [6.45, 7) is 11.4. The molecule has 0 aromatic rings. The van der Waals surface area contributed by atoms with Crippen LogP contribution in [0.2, 0.25) is 0 Å². The second kappa shape index (κ2) is 4.61. The Morgan fingerprint density at radius 1 is 1.41 bits per heavy atom. The van der Waals surface area contributed by atoms with Crippen LogP contribution >= 0.6 is 0 Å². The SMILES string of the molecule is C=C1CC(OC)/C=C(/C)CCC2C1CC2(C)C. The van der Waals surface area contributed by atoms with Crippen molar-refractivity contribution in [3.8, 4) is 0 Å². The molecule has 2 rings (SSSR count). The second-order valence-electron chi connectivity index (χ2n) is 6.59. The first-order chi connectivity index (χ1) is 7.94. The molecular weight excluding hydrogens is 208 g/mol. The molecule has 0 amide bonds. The average molecular weight is 234 g/mol. The molecule has 0 saturated heterocycles. The molecule has 3 atom stereocenters. The van der Waals surface area contributed by atoms with E-state index in [2.05, 4.69) is 33.4 Å². The molecule has 2 aliphatic carbocycles. The van der Waals surface area contributed by atoms with Crippen molar-refractivity contribution < 1.29 is 4.74 Å². The fraction of sp³-hybridized carbons (Fsp3) is 0.750. The predicted octanol–water partition coefficient (Wildman–Crippen LogP) is 4.35. The van der Waals surface area contributed by atoms with Crippen LogP contribution in [-0.2, 0) is 4.74 Å². The van der Waals surface area contributed by atoms with Gasteiger partial charge >= 0.3 is 0 Å². The summed E-state index contributed by atoms with van der Waals surface area (Å²) in [5.74, 6) is 1.57. The summed E-state index contributed by atoms with van der Waals surface area (Å²) in [5, 5.41) is 0. The van der Waals surface area contributed by atoms with E-state index in [1.165, 1.54) is 30.4 Å². The highest BCUT2D eigenvalue weighted by Gasteiger charge is 2.47. The summed E-state index contributed by atoms with van der Waals surface area (Å²) in [5.41, 5.74) is 3.40. The third kappa shape index (κ3) is 2.49. The summed E-state index contributed by atoms with van der Waals surface area (Å²) in [4.78, 5) is 0. The lowest BCUT2D eigenvalue weighted by Crippen LogP contribution is -2.44. The molecule has 0 spiro atoms. The molecule has 0 aromatic heterocycles. The number of hydrogen-bond donors (Lipinski definition) is 0. The van der Waals surface area contributed by atoms with E-state index in [0.29, 0.717) is 5.41 Å². The molecule has 1 fully saturated rings. The normalized spacial score (nSPS) is 40.1. The topological polar surface area (TPSA) is 9.23 Å². The highest BCUT2D eigenvalue weighted by molar-refractivity contribution is 5.18. The molecule has 1 nitrogen and oxygen atoms in total. The lowest BCUT2D eigenvalue weighted by molar-refractivity contribution is 0.00123. The molecule has 1 heteroatoms. The Kier molecular flexibility index (Phi) is 3.49. The fourth-order valence-electron chi connectivity index (χ4n) is 3.67. The van der Waals surface area contributed by atoms with E-state index in [9.17, 15) is 0 Å². The number of allylic oxidation sites excluding steroid dienone is 1. The number of fused-ring (bicyclic) bond motifs is 1. The van der Waals surface area contributed by atoms with Crippen molar-refractivity contribution in [1.82, 2.24) is 0 Å². The molecule has 3 unspecified atom stereocenters. The first kappa shape index (κ1) is 12.9. The summed E-state index contributed by atoms with van der Waals surface area (Å²) >= 11 is 0. The summed E-state index contributed by atoms with van der Waals surface area (Å²) < 4.78 is 5.55. The van der Waals surface area contributed by atoms with E-state index in [4.69, 9.17) is 4.74 Å². The lowest BCUT2D eigenvalue weighted by atomic mass is 9.52. The van der Waals surface area contributed by atoms with E-state index in [1.807, 2.05) is 7.11 Å². The van der Waals surface area contributed by atoms with Gasteiger partial charge in [0.15, 0.2) is 0 Å². The van der Waals surface area contributed by atoms with Gasteiger partial charge in [0.1, 0.15) is 0 Å². The van der Waals surface area contributed by atoms with Gasteiger partial charge in [0, 0.05) is 7.11 Å². The second-order valence-corrected chi connectivity index (χ2v) is 6.59. The lowest BCUT2D eigenvalue weighted by Gasteiger charge is -2.53. The van der Waals surface area contributed by atoms with Crippen LogP contribution in [0.4, 0.5) is 0 Å². The first-order valence-electron chi connectivity index (χ1n) is 6.82. The maximum absolute atomic E-state index is 5.55. The zero-order chi connectivity index (χ0) is 12.6. The molecule has 0 N–H and O–H groups in total. The van der Waals surface area contributed by atoms with Gasteiger partial charge < -0.3 is 4.74 Å². The van der Waals surface area contributed by atoms with E-state index in [0.717, 1.165) is 18.3 Å². The average Bonchev–Trinajstić information content (AvgIpc) is 2.28. The highest BCUT2D eigenvalue weighted by Crippen LogP contribution is 2.56. The van der Waals surface area contributed by atoms with E-state index in [1.54, 1.807) is 0 Å². The molecule has 0 heterocycles. The predicted molar refractivity (Wildman–Crippen MR) is 72.9 cm³/mol. The van der Waals surface area contributed by atoms with Gasteiger partial charge in [0.2, 0.25) is 0 Å². The van der Waals surface area contributed by atoms with Crippen molar-refractivity contribution in [3.63, 3.8) is 0 Å². The van der Waals surface area contributed by atoms with E-state index >= 15 is 0 Å². The van der Waals surface area contributed by atoms with Gasteiger partial charge in [-0.15, -0.1) is 0 Å². The van der Waals surface area contributed by atoms with Crippen LogP contribution in [0.25, 0.3) is 0 Å². The van der Waals surface area contributed by atoms with Crippen LogP contribution in [0.5, 0.6) is 0 Å². The van der Waals surface area contributed by atoms with E-state index in [-0.39, 0.29) is 6.10 Å². The van der Waals surface area contributed by atoms with Crippen molar-refractivity contribution in [2.75, 3.05) is 7.11 Å². The minimum atomic E-state index is 0.241. The van der Waals surface area contributed by atoms with Crippen LogP contribution in [0.1, 0.15) is 46.5 Å². The standard InChI is InChI=1S/C16H26O/c1-11-6-7-15-14(10-16(15,3)4)12(2)9-13(8-11)17-5/h8,13-15H,2,6-7,9-10H2,1,3-5H3/b11-8-. The maximum Gasteiger partial charge on any atom is 0.0791 e. The van der Waals surface area contributed by atoms with Gasteiger partial charge in [-0.2, -0.15) is 0 Å². The summed E-state index contributed by atoms with van der Waals surface area (Å²) in [7, 11) is 1.81.